The zero-order valence-electron chi connectivity index (χ0n) is 19.6. The Morgan fingerprint density at radius 2 is 1.43 bits per heavy atom. The number of nitrogens with one attached hydrogen (secondary N) is 2. The molecule has 0 fully saturated rings. The molecule has 0 heterocycles. The van der Waals surface area contributed by atoms with Gasteiger partial charge in [0, 0.05) is 21.8 Å². The van der Waals surface area contributed by atoms with Crippen molar-refractivity contribution in [2.45, 2.75) is 6.42 Å². The fourth-order valence-corrected chi connectivity index (χ4v) is 3.47. The third kappa shape index (κ3) is 7.37. The molecule has 8 heteroatoms. The summed E-state index contributed by atoms with van der Waals surface area (Å²) in [6.45, 7) is 0. The summed E-state index contributed by atoms with van der Waals surface area (Å²) in [7, 11) is 0. The number of anilines is 1. The Bertz CT molecular complexity index is 1420. The van der Waals surface area contributed by atoms with Gasteiger partial charge in [0.15, 0.2) is 0 Å². The van der Waals surface area contributed by atoms with Crippen LogP contribution in [0.4, 0.5) is 5.69 Å². The van der Waals surface area contributed by atoms with Crippen LogP contribution in [-0.4, -0.2) is 24.0 Å². The lowest BCUT2D eigenvalue weighted by Crippen LogP contribution is -2.18. The first-order chi connectivity index (χ1) is 18.0. The Labute approximate surface area is 218 Å². The number of benzene rings is 4. The minimum atomic E-state index is -0.544. The van der Waals surface area contributed by atoms with Gasteiger partial charge in [-0.15, -0.1) is 0 Å². The summed E-state index contributed by atoms with van der Waals surface area (Å²) < 4.78 is 5.48. The minimum Gasteiger partial charge on any atom is -0.422 e. The van der Waals surface area contributed by atoms with E-state index in [0.717, 1.165) is 5.56 Å². The van der Waals surface area contributed by atoms with Gasteiger partial charge in [0.25, 0.3) is 5.91 Å². The number of rotatable bonds is 8. The average molecular weight is 512 g/mol. The lowest BCUT2D eigenvalue weighted by atomic mass is 10.1. The first kappa shape index (κ1) is 25.3. The fraction of sp³-hybridized carbons (Fsp3) is 0.0345. The van der Waals surface area contributed by atoms with E-state index in [9.17, 15) is 14.4 Å². The number of esters is 1. The molecule has 0 bridgehead atoms. The van der Waals surface area contributed by atoms with E-state index in [1.165, 1.54) is 6.21 Å². The fourth-order valence-electron chi connectivity index (χ4n) is 3.34. The van der Waals surface area contributed by atoms with E-state index in [0.29, 0.717) is 27.4 Å². The summed E-state index contributed by atoms with van der Waals surface area (Å²) in [4.78, 5) is 37.1. The summed E-state index contributed by atoms with van der Waals surface area (Å²) in [5, 5.41) is 7.31. The van der Waals surface area contributed by atoms with Crippen molar-refractivity contribution in [1.82, 2.24) is 5.43 Å². The third-order valence-corrected chi connectivity index (χ3v) is 5.46. The molecule has 0 aliphatic rings. The van der Waals surface area contributed by atoms with Crippen LogP contribution < -0.4 is 15.5 Å². The van der Waals surface area contributed by atoms with Gasteiger partial charge in [-0.2, -0.15) is 5.10 Å². The molecule has 0 aliphatic heterocycles. The first-order valence-corrected chi connectivity index (χ1v) is 11.7. The van der Waals surface area contributed by atoms with Crippen molar-refractivity contribution < 1.29 is 19.1 Å². The molecule has 4 aromatic carbocycles. The maximum absolute atomic E-state index is 12.5. The Balaban J connectivity index is 1.32. The molecular formula is C29H22ClN3O4. The molecule has 0 unspecified atom stereocenters. The van der Waals surface area contributed by atoms with Crippen molar-refractivity contribution in [3.63, 3.8) is 0 Å². The van der Waals surface area contributed by atoms with Gasteiger partial charge in [0.1, 0.15) is 5.75 Å². The van der Waals surface area contributed by atoms with Crippen molar-refractivity contribution in [1.29, 1.82) is 0 Å². The van der Waals surface area contributed by atoms with E-state index in [1.807, 2.05) is 30.3 Å². The molecule has 0 aliphatic carbocycles. The van der Waals surface area contributed by atoms with E-state index >= 15 is 0 Å². The van der Waals surface area contributed by atoms with Crippen LogP contribution in [0.2, 0.25) is 5.02 Å². The Hall–Kier alpha value is -4.75. The van der Waals surface area contributed by atoms with Gasteiger partial charge in [-0.3, -0.25) is 9.59 Å². The van der Waals surface area contributed by atoms with Gasteiger partial charge in [-0.05, 0) is 66.2 Å². The highest BCUT2D eigenvalue weighted by molar-refractivity contribution is 6.30. The molecule has 0 atom stereocenters. The van der Waals surface area contributed by atoms with Crippen LogP contribution in [0.1, 0.15) is 31.8 Å². The number of carbonyl (C=O) groups excluding carboxylic acids is 3. The van der Waals surface area contributed by atoms with Crippen molar-refractivity contribution in [2.24, 2.45) is 5.10 Å². The second-order valence-corrected chi connectivity index (χ2v) is 8.36. The first-order valence-electron chi connectivity index (χ1n) is 11.3. The highest BCUT2D eigenvalue weighted by atomic mass is 35.5. The predicted octanol–water partition coefficient (Wildman–Crippen LogP) is 5.50. The summed E-state index contributed by atoms with van der Waals surface area (Å²) in [5.74, 6) is -0.842. The quantitative estimate of drug-likeness (QED) is 0.141. The molecule has 0 saturated heterocycles. The molecule has 184 valence electrons. The Morgan fingerprint density at radius 3 is 2.16 bits per heavy atom. The highest BCUT2D eigenvalue weighted by Gasteiger charge is 2.11. The second kappa shape index (κ2) is 12.3. The predicted molar refractivity (Wildman–Crippen MR) is 143 cm³/mol. The monoisotopic (exact) mass is 511 g/mol. The normalized spacial score (nSPS) is 10.6. The number of nitrogens with zero attached hydrogens (tertiary/aromatic N) is 1. The van der Waals surface area contributed by atoms with Gasteiger partial charge in [-0.25, -0.2) is 10.2 Å². The summed E-state index contributed by atoms with van der Waals surface area (Å²) in [6.07, 6.45) is 1.65. The van der Waals surface area contributed by atoms with Crippen LogP contribution in [0.25, 0.3) is 0 Å². The largest absolute Gasteiger partial charge is 0.422 e. The molecule has 4 rings (SSSR count). The third-order valence-electron chi connectivity index (χ3n) is 5.21. The number of amides is 2. The van der Waals surface area contributed by atoms with Crippen molar-refractivity contribution in [2.75, 3.05) is 5.32 Å². The lowest BCUT2D eigenvalue weighted by molar-refractivity contribution is -0.115. The van der Waals surface area contributed by atoms with Gasteiger partial charge in [0.2, 0.25) is 5.91 Å². The van der Waals surface area contributed by atoms with E-state index in [2.05, 4.69) is 15.8 Å². The van der Waals surface area contributed by atoms with Gasteiger partial charge < -0.3 is 10.1 Å². The maximum Gasteiger partial charge on any atom is 0.343 e. The van der Waals surface area contributed by atoms with Crippen molar-refractivity contribution in [3.8, 4) is 5.75 Å². The Kier molecular flexibility index (Phi) is 8.41. The summed E-state index contributed by atoms with van der Waals surface area (Å²) in [5.41, 5.74) is 5.15. The summed E-state index contributed by atoms with van der Waals surface area (Å²) >= 11 is 5.86. The van der Waals surface area contributed by atoms with Crippen molar-refractivity contribution >= 4 is 41.3 Å². The highest BCUT2D eigenvalue weighted by Crippen LogP contribution is 2.19. The standard InChI is InChI=1S/C29H22ClN3O4/c30-24-14-10-22(11-15-24)29(36)37-26-9-5-4-8-23(26)19-31-33-28(35)21-12-16-25(17-13-21)32-27(34)18-20-6-2-1-3-7-20/h1-17,19H,18H2,(H,32,34)(H,33,35)/b31-19-. The van der Waals surface area contributed by atoms with Crippen LogP contribution in [-0.2, 0) is 11.2 Å². The van der Waals surface area contributed by atoms with Crippen LogP contribution in [0.15, 0.2) is 108 Å². The molecule has 4 aromatic rings. The topological polar surface area (TPSA) is 96.9 Å². The molecular weight excluding hydrogens is 490 g/mol. The number of halogens is 1. The number of hydrogen-bond donors (Lipinski definition) is 2. The van der Waals surface area contributed by atoms with Crippen LogP contribution >= 0.6 is 11.6 Å². The molecule has 2 amide bonds. The van der Waals surface area contributed by atoms with Gasteiger partial charge in [0.05, 0.1) is 18.2 Å². The van der Waals surface area contributed by atoms with E-state index in [-0.39, 0.29) is 18.1 Å². The molecule has 0 radical (unpaired) electrons. The average Bonchev–Trinajstić information content (AvgIpc) is 2.91. The SMILES string of the molecule is O=C(Cc1ccccc1)Nc1ccc(C(=O)N/N=C\c2ccccc2OC(=O)c2ccc(Cl)cc2)cc1. The molecule has 0 saturated carbocycles. The molecule has 0 spiro atoms. The van der Waals surface area contributed by atoms with E-state index in [1.54, 1.807) is 72.8 Å². The van der Waals surface area contributed by atoms with Gasteiger partial charge in [-0.1, -0.05) is 54.1 Å². The number of carbonyl (C=O) groups is 3. The number of hydrazone groups is 1. The zero-order chi connectivity index (χ0) is 26.0. The van der Waals surface area contributed by atoms with E-state index < -0.39 is 11.9 Å². The molecule has 37 heavy (non-hydrogen) atoms. The minimum absolute atomic E-state index is 0.150. The van der Waals surface area contributed by atoms with Crippen LogP contribution in [0.5, 0.6) is 5.75 Å². The smallest absolute Gasteiger partial charge is 0.343 e. The lowest BCUT2D eigenvalue weighted by Gasteiger charge is -2.08. The Morgan fingerprint density at radius 1 is 0.784 bits per heavy atom. The van der Waals surface area contributed by atoms with Crippen LogP contribution in [0.3, 0.4) is 0 Å². The molecule has 0 aromatic heterocycles. The summed E-state index contributed by atoms with van der Waals surface area (Å²) in [6, 6.07) is 29.0. The van der Waals surface area contributed by atoms with Crippen molar-refractivity contribution in [3.05, 3.63) is 130 Å². The molecule has 2 N–H and O–H groups in total. The number of para-hydroxylation sites is 1. The van der Waals surface area contributed by atoms with Gasteiger partial charge >= 0.3 is 5.97 Å². The van der Waals surface area contributed by atoms with Crippen LogP contribution in [0, 0.1) is 0 Å². The maximum atomic E-state index is 12.5. The van der Waals surface area contributed by atoms with E-state index in [4.69, 9.17) is 16.3 Å². The molecule has 7 nitrogen and oxygen atoms in total. The number of ether oxygens (including phenoxy) is 1. The zero-order valence-corrected chi connectivity index (χ0v) is 20.3. The second-order valence-electron chi connectivity index (χ2n) is 7.92. The number of hydrogen-bond acceptors (Lipinski definition) is 5.